The van der Waals surface area contributed by atoms with Crippen LogP contribution in [0.2, 0.25) is 0 Å². The van der Waals surface area contributed by atoms with E-state index in [1.165, 1.54) is 0 Å². The largest absolute Gasteiger partial charge is 0.294 e. The SMILES string of the molecule is CC(=O)c1cccc2c1Sc1c(cccc1C(C)=O)C2. The first-order valence-electron chi connectivity index (χ1n) is 6.51. The molecule has 2 nitrogen and oxygen atoms in total. The van der Waals surface area contributed by atoms with Crippen LogP contribution in [0.15, 0.2) is 46.2 Å². The number of benzene rings is 2. The monoisotopic (exact) mass is 282 g/mol. The van der Waals surface area contributed by atoms with Crippen molar-refractivity contribution in [3.8, 4) is 0 Å². The number of hydrogen-bond acceptors (Lipinski definition) is 3. The predicted molar refractivity (Wildman–Crippen MR) is 79.8 cm³/mol. The molecular formula is C17H14O2S. The van der Waals surface area contributed by atoms with Crippen LogP contribution in [-0.2, 0) is 6.42 Å². The van der Waals surface area contributed by atoms with E-state index in [0.29, 0.717) is 0 Å². The molecule has 0 aliphatic carbocycles. The summed E-state index contributed by atoms with van der Waals surface area (Å²) in [5, 5.41) is 0. The molecule has 0 radical (unpaired) electrons. The third-order valence-electron chi connectivity index (χ3n) is 3.54. The first kappa shape index (κ1) is 13.1. The van der Waals surface area contributed by atoms with E-state index in [9.17, 15) is 9.59 Å². The molecule has 2 aromatic carbocycles. The molecule has 0 N–H and O–H groups in total. The van der Waals surface area contributed by atoms with Crippen LogP contribution < -0.4 is 0 Å². The lowest BCUT2D eigenvalue weighted by atomic mass is 9.98. The maximum Gasteiger partial charge on any atom is 0.160 e. The van der Waals surface area contributed by atoms with Crippen LogP contribution in [-0.4, -0.2) is 11.6 Å². The molecule has 0 atom stereocenters. The van der Waals surface area contributed by atoms with Crippen LogP contribution in [0, 0.1) is 0 Å². The average molecular weight is 282 g/mol. The van der Waals surface area contributed by atoms with Gasteiger partial charge in [0.25, 0.3) is 0 Å². The van der Waals surface area contributed by atoms with Gasteiger partial charge in [0.15, 0.2) is 11.6 Å². The zero-order chi connectivity index (χ0) is 14.3. The van der Waals surface area contributed by atoms with Crippen LogP contribution >= 0.6 is 11.8 Å². The Hall–Kier alpha value is -1.87. The summed E-state index contributed by atoms with van der Waals surface area (Å²) in [4.78, 5) is 25.5. The normalized spacial score (nSPS) is 12.5. The van der Waals surface area contributed by atoms with E-state index in [4.69, 9.17) is 0 Å². The zero-order valence-electron chi connectivity index (χ0n) is 11.4. The Bertz CT molecular complexity index is 670. The lowest BCUT2D eigenvalue weighted by Gasteiger charge is -2.22. The summed E-state index contributed by atoms with van der Waals surface area (Å²) in [7, 11) is 0. The summed E-state index contributed by atoms with van der Waals surface area (Å²) in [6.07, 6.45) is 0.778. The van der Waals surface area contributed by atoms with Crippen molar-refractivity contribution < 1.29 is 9.59 Å². The van der Waals surface area contributed by atoms with Gasteiger partial charge < -0.3 is 0 Å². The van der Waals surface area contributed by atoms with Gasteiger partial charge in [0.05, 0.1) is 0 Å². The van der Waals surface area contributed by atoms with Crippen molar-refractivity contribution in [3.63, 3.8) is 0 Å². The molecule has 0 aromatic heterocycles. The highest BCUT2D eigenvalue weighted by molar-refractivity contribution is 7.99. The van der Waals surface area contributed by atoms with E-state index < -0.39 is 0 Å². The van der Waals surface area contributed by atoms with E-state index in [1.807, 2.05) is 24.3 Å². The molecule has 1 aliphatic heterocycles. The topological polar surface area (TPSA) is 34.1 Å². The molecule has 0 saturated heterocycles. The highest BCUT2D eigenvalue weighted by atomic mass is 32.2. The van der Waals surface area contributed by atoms with Crippen LogP contribution in [0.4, 0.5) is 0 Å². The molecule has 1 heterocycles. The van der Waals surface area contributed by atoms with Gasteiger partial charge >= 0.3 is 0 Å². The summed E-state index contributed by atoms with van der Waals surface area (Å²) in [6, 6.07) is 11.7. The van der Waals surface area contributed by atoms with E-state index in [-0.39, 0.29) is 11.6 Å². The second kappa shape index (κ2) is 4.91. The van der Waals surface area contributed by atoms with Gasteiger partial charge in [-0.1, -0.05) is 48.2 Å². The molecule has 3 heteroatoms. The molecule has 2 aromatic rings. The Kier molecular flexibility index (Phi) is 3.22. The highest BCUT2D eigenvalue weighted by Crippen LogP contribution is 2.43. The fourth-order valence-corrected chi connectivity index (χ4v) is 3.94. The minimum absolute atomic E-state index is 0.0677. The molecule has 0 unspecified atom stereocenters. The zero-order valence-corrected chi connectivity index (χ0v) is 12.2. The number of ketones is 2. The van der Waals surface area contributed by atoms with Crippen LogP contribution in [0.5, 0.6) is 0 Å². The minimum atomic E-state index is 0.0677. The van der Waals surface area contributed by atoms with Crippen LogP contribution in [0.25, 0.3) is 0 Å². The van der Waals surface area contributed by atoms with Gasteiger partial charge in [-0.15, -0.1) is 0 Å². The van der Waals surface area contributed by atoms with Crippen molar-refractivity contribution in [3.05, 3.63) is 58.7 Å². The van der Waals surface area contributed by atoms with Crippen molar-refractivity contribution in [1.82, 2.24) is 0 Å². The lowest BCUT2D eigenvalue weighted by Crippen LogP contribution is -2.08. The number of fused-ring (bicyclic) bond motifs is 2. The summed E-state index contributed by atoms with van der Waals surface area (Å²) in [6.45, 7) is 3.17. The number of carbonyl (C=O) groups is 2. The molecule has 100 valence electrons. The van der Waals surface area contributed by atoms with Gasteiger partial charge in [-0.3, -0.25) is 9.59 Å². The third-order valence-corrected chi connectivity index (χ3v) is 4.91. The standard InChI is InChI=1S/C17H14O2S/c1-10(18)14-7-3-5-12-9-13-6-4-8-15(11(2)19)17(13)20-16(12)14/h3-8H,9H2,1-2H3. The third kappa shape index (κ3) is 2.08. The summed E-state index contributed by atoms with van der Waals surface area (Å²) >= 11 is 1.55. The molecule has 0 saturated carbocycles. The average Bonchev–Trinajstić information content (AvgIpc) is 2.43. The van der Waals surface area contributed by atoms with Gasteiger partial charge in [-0.05, 0) is 31.4 Å². The smallest absolute Gasteiger partial charge is 0.160 e. The summed E-state index contributed by atoms with van der Waals surface area (Å²) < 4.78 is 0. The van der Waals surface area contributed by atoms with E-state index in [2.05, 4.69) is 12.1 Å². The lowest BCUT2D eigenvalue weighted by molar-refractivity contribution is 0.100. The van der Waals surface area contributed by atoms with Gasteiger partial charge in [-0.25, -0.2) is 0 Å². The predicted octanol–water partition coefficient (Wildman–Crippen LogP) is 4.15. The van der Waals surface area contributed by atoms with Crippen LogP contribution in [0.3, 0.4) is 0 Å². The number of hydrogen-bond donors (Lipinski definition) is 0. The fraction of sp³-hybridized carbons (Fsp3) is 0.176. The Morgan fingerprint density at radius 2 is 1.30 bits per heavy atom. The van der Waals surface area contributed by atoms with Crippen molar-refractivity contribution in [1.29, 1.82) is 0 Å². The van der Waals surface area contributed by atoms with E-state index >= 15 is 0 Å². The Morgan fingerprint density at radius 3 is 1.70 bits per heavy atom. The second-order valence-corrected chi connectivity index (χ2v) is 6.00. The molecular weight excluding hydrogens is 268 g/mol. The summed E-state index contributed by atoms with van der Waals surface area (Å²) in [5.41, 5.74) is 3.82. The van der Waals surface area contributed by atoms with Crippen molar-refractivity contribution in [2.45, 2.75) is 30.1 Å². The number of Topliss-reactive ketones (excluding diaryl/α,β-unsaturated/α-hetero) is 2. The quantitative estimate of drug-likeness (QED) is 0.662. The first-order chi connectivity index (χ1) is 9.58. The van der Waals surface area contributed by atoms with Crippen molar-refractivity contribution in [2.75, 3.05) is 0 Å². The second-order valence-electron chi connectivity index (χ2n) is 4.98. The fourth-order valence-electron chi connectivity index (χ4n) is 2.55. The maximum atomic E-state index is 11.8. The first-order valence-corrected chi connectivity index (χ1v) is 7.33. The Morgan fingerprint density at radius 1 is 0.850 bits per heavy atom. The van der Waals surface area contributed by atoms with Gasteiger partial charge in [-0.2, -0.15) is 0 Å². The summed E-state index contributed by atoms with van der Waals surface area (Å²) in [5.74, 6) is 0.135. The van der Waals surface area contributed by atoms with Crippen LogP contribution in [0.1, 0.15) is 45.7 Å². The molecule has 20 heavy (non-hydrogen) atoms. The molecule has 0 amide bonds. The van der Waals surface area contributed by atoms with Gasteiger partial charge in [0.2, 0.25) is 0 Å². The van der Waals surface area contributed by atoms with Gasteiger partial charge in [0.1, 0.15) is 0 Å². The Balaban J connectivity index is 2.18. The molecule has 0 fully saturated rings. The molecule has 1 aliphatic rings. The van der Waals surface area contributed by atoms with Crippen molar-refractivity contribution >= 4 is 23.3 Å². The van der Waals surface area contributed by atoms with Crippen molar-refractivity contribution in [2.24, 2.45) is 0 Å². The number of rotatable bonds is 2. The van der Waals surface area contributed by atoms with E-state index in [1.54, 1.807) is 25.6 Å². The van der Waals surface area contributed by atoms with E-state index in [0.717, 1.165) is 38.5 Å². The molecule has 3 rings (SSSR count). The minimum Gasteiger partial charge on any atom is -0.294 e. The molecule has 0 bridgehead atoms. The Labute approximate surface area is 122 Å². The highest BCUT2D eigenvalue weighted by Gasteiger charge is 2.23. The number of carbonyl (C=O) groups excluding carboxylic acids is 2. The van der Waals surface area contributed by atoms with Gasteiger partial charge in [0, 0.05) is 20.9 Å². The molecule has 0 spiro atoms. The maximum absolute atomic E-state index is 11.8.